The molecule has 0 amide bonds. The van der Waals surface area contributed by atoms with E-state index in [2.05, 4.69) is 183 Å². The van der Waals surface area contributed by atoms with Crippen molar-refractivity contribution in [2.75, 3.05) is 4.90 Å². The normalized spacial score (nSPS) is 11.8. The summed E-state index contributed by atoms with van der Waals surface area (Å²) in [4.78, 5) is 2.32. The molecule has 41 heavy (non-hydrogen) atoms. The van der Waals surface area contributed by atoms with Crippen LogP contribution in [0.2, 0.25) is 0 Å². The van der Waals surface area contributed by atoms with E-state index in [1.54, 1.807) is 0 Å². The van der Waals surface area contributed by atoms with Gasteiger partial charge in [0.25, 0.3) is 0 Å². The molecule has 0 N–H and O–H groups in total. The largest absolute Gasteiger partial charge is 0.310 e. The number of rotatable bonds is 9. The summed E-state index contributed by atoms with van der Waals surface area (Å²) in [5.74, 6) is 0. The number of aryl methyl sites for hydroxylation is 2. The first kappa shape index (κ1) is 27.4. The number of allylic oxidation sites excluding steroid dienone is 4. The Kier molecular flexibility index (Phi) is 9.22. The Morgan fingerprint density at radius 1 is 0.366 bits per heavy atom. The molecule has 0 aromatic heterocycles. The second-order valence-electron chi connectivity index (χ2n) is 10.0. The monoisotopic (exact) mass is 529 g/mol. The molecular formula is C40H35N. The quantitative estimate of drug-likeness (QED) is 0.172. The zero-order valence-corrected chi connectivity index (χ0v) is 23.7. The number of nitrogens with zero attached hydrogens (tertiary/aromatic N) is 1. The Bertz CT molecular complexity index is 1550. The Morgan fingerprint density at radius 2 is 0.732 bits per heavy atom. The lowest BCUT2D eigenvalue weighted by atomic mass is 10.1. The zero-order valence-electron chi connectivity index (χ0n) is 23.7. The molecule has 5 rings (SSSR count). The maximum Gasteiger partial charge on any atom is 0.0464 e. The van der Waals surface area contributed by atoms with Gasteiger partial charge >= 0.3 is 0 Å². The van der Waals surface area contributed by atoms with Crippen LogP contribution in [0.1, 0.15) is 33.4 Å². The molecule has 0 heterocycles. The molecule has 5 aromatic rings. The van der Waals surface area contributed by atoms with Crippen LogP contribution >= 0.6 is 0 Å². The second kappa shape index (κ2) is 13.8. The second-order valence-corrected chi connectivity index (χ2v) is 10.0. The molecule has 0 bridgehead atoms. The highest BCUT2D eigenvalue weighted by molar-refractivity contribution is 5.78. The van der Waals surface area contributed by atoms with Crippen LogP contribution in [0.15, 0.2) is 152 Å². The summed E-state index contributed by atoms with van der Waals surface area (Å²) in [6.07, 6.45) is 16.8. The van der Waals surface area contributed by atoms with Gasteiger partial charge in [0.2, 0.25) is 0 Å². The van der Waals surface area contributed by atoms with Crippen molar-refractivity contribution >= 4 is 41.4 Å². The maximum atomic E-state index is 2.32. The fourth-order valence-electron chi connectivity index (χ4n) is 4.58. The molecule has 0 aliphatic carbocycles. The third kappa shape index (κ3) is 7.71. The number of benzene rings is 5. The fourth-order valence-corrected chi connectivity index (χ4v) is 4.58. The highest BCUT2D eigenvalue weighted by atomic mass is 15.1. The Balaban J connectivity index is 1.35. The van der Waals surface area contributed by atoms with E-state index in [1.807, 2.05) is 12.1 Å². The summed E-state index contributed by atoms with van der Waals surface area (Å²) in [6.45, 7) is 4.33. The van der Waals surface area contributed by atoms with Crippen molar-refractivity contribution < 1.29 is 0 Å². The number of hydrogen-bond donors (Lipinski definition) is 0. The van der Waals surface area contributed by atoms with E-state index in [4.69, 9.17) is 0 Å². The predicted molar refractivity (Wildman–Crippen MR) is 180 cm³/mol. The smallest absolute Gasteiger partial charge is 0.0464 e. The first-order chi connectivity index (χ1) is 20.2. The van der Waals surface area contributed by atoms with Gasteiger partial charge in [0.1, 0.15) is 0 Å². The van der Waals surface area contributed by atoms with E-state index < -0.39 is 0 Å². The van der Waals surface area contributed by atoms with Crippen molar-refractivity contribution in [2.45, 2.75) is 13.8 Å². The Morgan fingerprint density at radius 3 is 1.12 bits per heavy atom. The fraction of sp³-hybridized carbons (Fsp3) is 0.0500. The van der Waals surface area contributed by atoms with Gasteiger partial charge in [0.15, 0.2) is 0 Å². The molecule has 0 fully saturated rings. The van der Waals surface area contributed by atoms with Crippen molar-refractivity contribution in [2.24, 2.45) is 0 Å². The van der Waals surface area contributed by atoms with Crippen LogP contribution in [-0.4, -0.2) is 0 Å². The topological polar surface area (TPSA) is 3.24 Å². The molecule has 0 radical (unpaired) electrons. The van der Waals surface area contributed by atoms with Crippen LogP contribution < -0.4 is 4.90 Å². The molecule has 0 aliphatic heterocycles. The molecule has 0 saturated carbocycles. The molecule has 5 aromatic carbocycles. The van der Waals surface area contributed by atoms with Crippen molar-refractivity contribution in [3.8, 4) is 0 Å². The number of hydrogen-bond acceptors (Lipinski definition) is 1. The Hall–Kier alpha value is -5.14. The van der Waals surface area contributed by atoms with Gasteiger partial charge in [-0.05, 0) is 83.6 Å². The predicted octanol–water partition coefficient (Wildman–Crippen LogP) is 11.2. The van der Waals surface area contributed by atoms with E-state index in [0.717, 1.165) is 28.2 Å². The number of anilines is 3. The van der Waals surface area contributed by atoms with E-state index in [0.29, 0.717) is 0 Å². The minimum absolute atomic E-state index is 1.12. The molecule has 1 nitrogen and oxygen atoms in total. The lowest BCUT2D eigenvalue weighted by Gasteiger charge is -2.26. The van der Waals surface area contributed by atoms with Gasteiger partial charge in [-0.3, -0.25) is 0 Å². The SMILES string of the molecule is Cc1ccc(N(c2ccc(/C=C/C=C/c3ccccc3)cc2)c2ccc(/C=C/C=C/c3ccccc3)cc2)cc1C. The van der Waals surface area contributed by atoms with Gasteiger partial charge in [-0.15, -0.1) is 0 Å². The van der Waals surface area contributed by atoms with Crippen molar-refractivity contribution in [1.29, 1.82) is 0 Å². The van der Waals surface area contributed by atoms with Crippen LogP contribution in [0, 0.1) is 13.8 Å². The minimum atomic E-state index is 1.12. The standard InChI is InChI=1S/C40H35N/c1-32-21-26-40(31-33(32)2)41(38-27-22-36(23-28-38)19-11-9-17-34-13-5-3-6-14-34)39-29-24-37(25-30-39)20-12-10-18-35-15-7-4-8-16-35/h3-31H,1-2H3/b17-9+,18-10+,19-11+,20-12+. The van der Waals surface area contributed by atoms with Crippen molar-refractivity contribution in [1.82, 2.24) is 0 Å². The molecule has 0 aliphatic rings. The highest BCUT2D eigenvalue weighted by Gasteiger charge is 2.13. The third-order valence-electron chi connectivity index (χ3n) is 7.03. The molecule has 200 valence electrons. The maximum absolute atomic E-state index is 2.32. The summed E-state index contributed by atoms with van der Waals surface area (Å²) in [5.41, 5.74) is 10.7. The van der Waals surface area contributed by atoms with Gasteiger partial charge in [-0.2, -0.15) is 0 Å². The van der Waals surface area contributed by atoms with Crippen LogP contribution in [0.25, 0.3) is 24.3 Å². The van der Waals surface area contributed by atoms with Crippen LogP contribution in [0.3, 0.4) is 0 Å². The molecule has 1 heteroatoms. The minimum Gasteiger partial charge on any atom is -0.310 e. The van der Waals surface area contributed by atoms with Gasteiger partial charge < -0.3 is 4.90 Å². The van der Waals surface area contributed by atoms with Crippen molar-refractivity contribution in [3.63, 3.8) is 0 Å². The average molecular weight is 530 g/mol. The van der Waals surface area contributed by atoms with E-state index >= 15 is 0 Å². The van der Waals surface area contributed by atoms with Crippen LogP contribution in [0.4, 0.5) is 17.1 Å². The summed E-state index contributed by atoms with van der Waals surface area (Å²) in [6, 6.07) is 44.8. The highest BCUT2D eigenvalue weighted by Crippen LogP contribution is 2.35. The van der Waals surface area contributed by atoms with E-state index in [-0.39, 0.29) is 0 Å². The van der Waals surface area contributed by atoms with Crippen molar-refractivity contribution in [3.05, 3.63) is 185 Å². The summed E-state index contributed by atoms with van der Waals surface area (Å²) < 4.78 is 0. The van der Waals surface area contributed by atoms with Crippen LogP contribution in [-0.2, 0) is 0 Å². The lowest BCUT2D eigenvalue weighted by Crippen LogP contribution is -2.10. The molecular weight excluding hydrogens is 494 g/mol. The van der Waals surface area contributed by atoms with Crippen LogP contribution in [0.5, 0.6) is 0 Å². The summed E-state index contributed by atoms with van der Waals surface area (Å²) in [7, 11) is 0. The van der Waals surface area contributed by atoms with Gasteiger partial charge in [0.05, 0.1) is 0 Å². The third-order valence-corrected chi connectivity index (χ3v) is 7.03. The van der Waals surface area contributed by atoms with E-state index in [1.165, 1.54) is 22.3 Å². The Labute approximate surface area is 244 Å². The average Bonchev–Trinajstić information content (AvgIpc) is 3.02. The first-order valence-corrected chi connectivity index (χ1v) is 14.0. The summed E-state index contributed by atoms with van der Waals surface area (Å²) in [5, 5.41) is 0. The molecule has 0 saturated heterocycles. The first-order valence-electron chi connectivity index (χ1n) is 14.0. The summed E-state index contributed by atoms with van der Waals surface area (Å²) >= 11 is 0. The van der Waals surface area contributed by atoms with Gasteiger partial charge in [-0.1, -0.05) is 140 Å². The zero-order chi connectivity index (χ0) is 28.3. The molecule has 0 spiro atoms. The van der Waals surface area contributed by atoms with Gasteiger partial charge in [-0.25, -0.2) is 0 Å². The lowest BCUT2D eigenvalue weighted by molar-refractivity contribution is 1.25. The molecule has 0 atom stereocenters. The van der Waals surface area contributed by atoms with Gasteiger partial charge in [0, 0.05) is 17.1 Å². The molecule has 0 unspecified atom stereocenters. The van der Waals surface area contributed by atoms with E-state index in [9.17, 15) is 0 Å².